The molecule has 1 aromatic heterocycles. The molecule has 1 fully saturated rings. The van der Waals surface area contributed by atoms with Crippen molar-refractivity contribution in [3.8, 4) is 0 Å². The summed E-state index contributed by atoms with van der Waals surface area (Å²) in [7, 11) is 0. The number of nitrogens with one attached hydrogen (secondary N) is 1. The summed E-state index contributed by atoms with van der Waals surface area (Å²) < 4.78 is 5.14. The van der Waals surface area contributed by atoms with E-state index in [0.29, 0.717) is 16.2 Å². The number of carbonyl (C=O) groups is 3. The van der Waals surface area contributed by atoms with E-state index in [1.165, 1.54) is 11.8 Å². The Labute approximate surface area is 155 Å². The Morgan fingerprint density at radius 1 is 1.08 bits per heavy atom. The fourth-order valence-electron chi connectivity index (χ4n) is 2.75. The van der Waals surface area contributed by atoms with Gasteiger partial charge < -0.3 is 14.6 Å². The smallest absolute Gasteiger partial charge is 0.339 e. The molecule has 0 atom stereocenters. The number of rotatable bonds is 7. The summed E-state index contributed by atoms with van der Waals surface area (Å²) in [6, 6.07) is 10.3. The average Bonchev–Trinajstić information content (AvgIpc) is 3.38. The second-order valence-corrected chi connectivity index (χ2v) is 6.97. The predicted molar refractivity (Wildman–Crippen MR) is 98.4 cm³/mol. The largest absolute Gasteiger partial charge is 0.454 e. The number of amides is 1. The molecule has 3 rings (SSSR count). The number of benzene rings is 1. The molecule has 0 aliphatic carbocycles. The van der Waals surface area contributed by atoms with Crippen LogP contribution in [0, 0.1) is 0 Å². The van der Waals surface area contributed by atoms with E-state index in [1.807, 2.05) is 11.0 Å². The summed E-state index contributed by atoms with van der Waals surface area (Å²) in [5.74, 6) is -0.497. The number of hydrogen-bond donors (Lipinski definition) is 1. The third-order valence-electron chi connectivity index (χ3n) is 4.15. The number of aromatic nitrogens is 1. The number of likely N-dealkylation sites (tertiary alicyclic amines) is 1. The first kappa shape index (κ1) is 18.3. The van der Waals surface area contributed by atoms with Crippen LogP contribution in [0.4, 0.5) is 0 Å². The second kappa shape index (κ2) is 8.71. The van der Waals surface area contributed by atoms with Gasteiger partial charge in [-0.25, -0.2) is 4.79 Å². The van der Waals surface area contributed by atoms with Gasteiger partial charge in [0.2, 0.25) is 11.7 Å². The van der Waals surface area contributed by atoms with Crippen molar-refractivity contribution in [3.63, 3.8) is 0 Å². The van der Waals surface area contributed by atoms with Gasteiger partial charge >= 0.3 is 5.97 Å². The lowest BCUT2D eigenvalue weighted by molar-refractivity contribution is -0.127. The van der Waals surface area contributed by atoms with E-state index in [1.54, 1.807) is 36.5 Å². The molecule has 6 nitrogen and oxygen atoms in total. The zero-order valence-electron chi connectivity index (χ0n) is 14.3. The standard InChI is InChI=1S/C19H20N2O4S/c22-16(15-7-5-9-20-15)12-25-19(24)14-6-1-2-8-17(14)26-13-18(23)21-10-3-4-11-21/h1-2,5-9,20H,3-4,10-13H2. The first-order chi connectivity index (χ1) is 12.6. The van der Waals surface area contributed by atoms with E-state index in [2.05, 4.69) is 4.98 Å². The van der Waals surface area contributed by atoms with Gasteiger partial charge in [-0.1, -0.05) is 12.1 Å². The average molecular weight is 372 g/mol. The summed E-state index contributed by atoms with van der Waals surface area (Å²) in [6.45, 7) is 1.29. The van der Waals surface area contributed by atoms with Gasteiger partial charge in [-0.2, -0.15) is 0 Å². The molecule has 1 aliphatic heterocycles. The van der Waals surface area contributed by atoms with Gasteiger partial charge in [-0.3, -0.25) is 9.59 Å². The maximum atomic E-state index is 12.3. The summed E-state index contributed by atoms with van der Waals surface area (Å²) in [6.07, 6.45) is 3.74. The molecule has 26 heavy (non-hydrogen) atoms. The first-order valence-electron chi connectivity index (χ1n) is 8.48. The lowest BCUT2D eigenvalue weighted by atomic mass is 10.2. The van der Waals surface area contributed by atoms with E-state index in [-0.39, 0.29) is 24.1 Å². The SMILES string of the molecule is O=C(COC(=O)c1ccccc1SCC(=O)N1CCCC1)c1ccc[nH]1. The van der Waals surface area contributed by atoms with E-state index in [4.69, 9.17) is 4.74 Å². The van der Waals surface area contributed by atoms with Crippen LogP contribution in [0.3, 0.4) is 0 Å². The van der Waals surface area contributed by atoms with Crippen LogP contribution >= 0.6 is 11.8 Å². The summed E-state index contributed by atoms with van der Waals surface area (Å²) in [5.41, 5.74) is 0.766. The maximum absolute atomic E-state index is 12.3. The molecule has 2 aromatic rings. The molecule has 0 bridgehead atoms. The highest BCUT2D eigenvalue weighted by molar-refractivity contribution is 8.00. The van der Waals surface area contributed by atoms with Crippen molar-refractivity contribution in [2.75, 3.05) is 25.4 Å². The van der Waals surface area contributed by atoms with E-state index in [0.717, 1.165) is 25.9 Å². The third-order valence-corrected chi connectivity index (χ3v) is 5.21. The molecule has 1 aromatic carbocycles. The minimum Gasteiger partial charge on any atom is -0.454 e. The monoisotopic (exact) mass is 372 g/mol. The number of H-pyrrole nitrogens is 1. The molecular weight excluding hydrogens is 352 g/mol. The van der Waals surface area contributed by atoms with Crippen LogP contribution in [0.1, 0.15) is 33.7 Å². The molecule has 0 radical (unpaired) electrons. The van der Waals surface area contributed by atoms with Gasteiger partial charge in [0.05, 0.1) is 17.0 Å². The molecule has 0 spiro atoms. The molecule has 1 saturated heterocycles. The predicted octanol–water partition coefficient (Wildman–Crippen LogP) is 2.77. The van der Waals surface area contributed by atoms with Crippen LogP contribution in [0.25, 0.3) is 0 Å². The number of nitrogens with zero attached hydrogens (tertiary/aromatic N) is 1. The number of thioether (sulfide) groups is 1. The molecule has 1 amide bonds. The number of ether oxygens (including phenoxy) is 1. The maximum Gasteiger partial charge on any atom is 0.339 e. The Balaban J connectivity index is 1.58. The molecule has 1 aliphatic rings. The van der Waals surface area contributed by atoms with Crippen LogP contribution in [0.2, 0.25) is 0 Å². The van der Waals surface area contributed by atoms with Crippen LogP contribution in [0.5, 0.6) is 0 Å². The summed E-state index contributed by atoms with van der Waals surface area (Å²) in [5, 5.41) is 0. The Kier molecular flexibility index (Phi) is 6.12. The van der Waals surface area contributed by atoms with Gasteiger partial charge in [-0.05, 0) is 37.1 Å². The summed E-state index contributed by atoms with van der Waals surface area (Å²) >= 11 is 1.32. The molecule has 0 saturated carbocycles. The van der Waals surface area contributed by atoms with Gasteiger partial charge in [0.25, 0.3) is 0 Å². The Bertz CT molecular complexity index is 783. The number of carbonyl (C=O) groups excluding carboxylic acids is 3. The normalized spacial score (nSPS) is 13.6. The number of esters is 1. The molecule has 136 valence electrons. The highest BCUT2D eigenvalue weighted by Gasteiger charge is 2.20. The lowest BCUT2D eigenvalue weighted by Crippen LogP contribution is -2.29. The molecule has 1 N–H and O–H groups in total. The van der Waals surface area contributed by atoms with Crippen molar-refractivity contribution in [2.24, 2.45) is 0 Å². The van der Waals surface area contributed by atoms with Crippen molar-refractivity contribution in [3.05, 3.63) is 53.9 Å². The van der Waals surface area contributed by atoms with Crippen molar-refractivity contribution >= 4 is 29.4 Å². The van der Waals surface area contributed by atoms with Crippen LogP contribution in [-0.4, -0.2) is 53.0 Å². The quantitative estimate of drug-likeness (QED) is 0.459. The zero-order chi connectivity index (χ0) is 18.4. The Hall–Kier alpha value is -2.54. The van der Waals surface area contributed by atoms with Crippen molar-refractivity contribution < 1.29 is 19.1 Å². The van der Waals surface area contributed by atoms with Crippen molar-refractivity contribution in [1.29, 1.82) is 0 Å². The highest BCUT2D eigenvalue weighted by Crippen LogP contribution is 2.24. The minimum atomic E-state index is -0.568. The second-order valence-electron chi connectivity index (χ2n) is 5.96. The van der Waals surface area contributed by atoms with E-state index >= 15 is 0 Å². The zero-order valence-corrected chi connectivity index (χ0v) is 15.1. The van der Waals surface area contributed by atoms with Crippen LogP contribution < -0.4 is 0 Å². The molecule has 7 heteroatoms. The van der Waals surface area contributed by atoms with Crippen LogP contribution in [-0.2, 0) is 9.53 Å². The topological polar surface area (TPSA) is 79.5 Å². The fourth-order valence-corrected chi connectivity index (χ4v) is 3.69. The number of hydrogen-bond acceptors (Lipinski definition) is 5. The van der Waals surface area contributed by atoms with Crippen molar-refractivity contribution in [1.82, 2.24) is 9.88 Å². The van der Waals surface area contributed by atoms with Gasteiger partial charge in [-0.15, -0.1) is 11.8 Å². The lowest BCUT2D eigenvalue weighted by Gasteiger charge is -2.15. The van der Waals surface area contributed by atoms with Gasteiger partial charge in [0, 0.05) is 24.2 Å². The molecule has 2 heterocycles. The number of ketones is 1. The van der Waals surface area contributed by atoms with Gasteiger partial charge in [0.1, 0.15) is 0 Å². The first-order valence-corrected chi connectivity index (χ1v) is 9.47. The minimum absolute atomic E-state index is 0.0811. The Morgan fingerprint density at radius 2 is 1.85 bits per heavy atom. The van der Waals surface area contributed by atoms with E-state index < -0.39 is 5.97 Å². The molecular formula is C19H20N2O4S. The van der Waals surface area contributed by atoms with E-state index in [9.17, 15) is 14.4 Å². The van der Waals surface area contributed by atoms with Gasteiger partial charge in [0.15, 0.2) is 6.61 Å². The fraction of sp³-hybridized carbons (Fsp3) is 0.316. The van der Waals surface area contributed by atoms with Crippen molar-refractivity contribution in [2.45, 2.75) is 17.7 Å². The van der Waals surface area contributed by atoms with Crippen LogP contribution in [0.15, 0.2) is 47.5 Å². The third kappa shape index (κ3) is 4.54. The highest BCUT2D eigenvalue weighted by atomic mass is 32.2. The number of aromatic amines is 1. The Morgan fingerprint density at radius 3 is 2.58 bits per heavy atom. The molecule has 0 unspecified atom stereocenters. The number of Topliss-reactive ketones (excluding diaryl/α,β-unsaturated/α-hetero) is 1. The summed E-state index contributed by atoms with van der Waals surface area (Å²) in [4.78, 5) is 41.8.